The van der Waals surface area contributed by atoms with E-state index in [4.69, 9.17) is 9.47 Å². The van der Waals surface area contributed by atoms with E-state index in [9.17, 15) is 19.5 Å². The van der Waals surface area contributed by atoms with E-state index in [1.807, 2.05) is 37.3 Å². The van der Waals surface area contributed by atoms with Crippen molar-refractivity contribution in [3.05, 3.63) is 61.2 Å². The lowest BCUT2D eigenvalue weighted by molar-refractivity contribution is -0.156. The van der Waals surface area contributed by atoms with Gasteiger partial charge in [0.25, 0.3) is 0 Å². The molecule has 1 aromatic carbocycles. The van der Waals surface area contributed by atoms with Crippen molar-refractivity contribution in [2.45, 2.75) is 69.4 Å². The number of hydrogen-bond acceptors (Lipinski definition) is 6. The van der Waals surface area contributed by atoms with Crippen molar-refractivity contribution in [3.8, 4) is 0 Å². The minimum atomic E-state index is -1.16. The SMILES string of the molecule is C=CCOC(=O)[C@@H]1[C@@H]2CCC3(O2)C(C(=O)N(CC=C)C(C)CCC)N([C@H](CO)c2ccccc2)C(=O)[C@H]13. The molecule has 1 N–H and O–H groups in total. The van der Waals surface area contributed by atoms with Crippen molar-refractivity contribution in [1.82, 2.24) is 9.80 Å². The number of esters is 1. The van der Waals surface area contributed by atoms with Crippen molar-refractivity contribution >= 4 is 17.8 Å². The third-order valence-corrected chi connectivity index (χ3v) is 8.13. The number of hydrogen-bond donors (Lipinski definition) is 1. The van der Waals surface area contributed by atoms with Gasteiger partial charge in [-0.15, -0.1) is 6.58 Å². The summed E-state index contributed by atoms with van der Waals surface area (Å²) in [6.45, 7) is 11.5. The standard InChI is InChI=1S/C29H38N2O6/c1-5-11-19(4)30(16-6-2)27(34)25-29-15-14-22(37-29)23(28(35)36-17-7-3)24(29)26(33)31(25)21(18-32)20-12-9-8-10-13-20/h6-10,12-13,19,21-25,32H,2-3,5,11,14-18H2,1,4H3/t19?,21-,22+,23-,24+,25?,29?/m1/s1. The molecule has 3 unspecified atom stereocenters. The lowest BCUT2D eigenvalue weighted by Crippen LogP contribution is -2.58. The fourth-order valence-electron chi connectivity index (χ4n) is 6.60. The number of nitrogens with zero attached hydrogens (tertiary/aromatic N) is 2. The maximum Gasteiger partial charge on any atom is 0.312 e. The molecule has 0 aromatic heterocycles. The van der Waals surface area contributed by atoms with Gasteiger partial charge in [0.15, 0.2) is 0 Å². The zero-order valence-corrected chi connectivity index (χ0v) is 21.8. The van der Waals surface area contributed by atoms with E-state index in [0.717, 1.165) is 12.8 Å². The normalized spacial score (nSPS) is 29.5. The molecule has 8 heteroatoms. The number of likely N-dealkylation sites (tertiary alicyclic amines) is 1. The molecule has 37 heavy (non-hydrogen) atoms. The number of carbonyl (C=O) groups is 3. The quantitative estimate of drug-likeness (QED) is 0.343. The summed E-state index contributed by atoms with van der Waals surface area (Å²) >= 11 is 0. The van der Waals surface area contributed by atoms with Crippen molar-refractivity contribution in [2.75, 3.05) is 19.8 Å². The van der Waals surface area contributed by atoms with Crippen LogP contribution in [0.3, 0.4) is 0 Å². The highest BCUT2D eigenvalue weighted by Crippen LogP contribution is 2.60. The van der Waals surface area contributed by atoms with E-state index >= 15 is 0 Å². The molecule has 0 radical (unpaired) electrons. The predicted molar refractivity (Wildman–Crippen MR) is 138 cm³/mol. The molecule has 8 nitrogen and oxygen atoms in total. The summed E-state index contributed by atoms with van der Waals surface area (Å²) in [5.74, 6) is -2.78. The number of fused-ring (bicyclic) bond motifs is 1. The molecular weight excluding hydrogens is 472 g/mol. The zero-order valence-electron chi connectivity index (χ0n) is 21.8. The highest BCUT2D eigenvalue weighted by molar-refractivity contribution is 5.98. The first kappa shape index (κ1) is 27.1. The second-order valence-electron chi connectivity index (χ2n) is 10.2. The minimum absolute atomic E-state index is 0.0347. The van der Waals surface area contributed by atoms with E-state index in [2.05, 4.69) is 20.1 Å². The van der Waals surface area contributed by atoms with Crippen LogP contribution in [0.4, 0.5) is 0 Å². The van der Waals surface area contributed by atoms with Crippen LogP contribution in [-0.2, 0) is 23.9 Å². The smallest absolute Gasteiger partial charge is 0.312 e. The van der Waals surface area contributed by atoms with Crippen LogP contribution in [0.2, 0.25) is 0 Å². The Balaban J connectivity index is 1.82. The summed E-state index contributed by atoms with van der Waals surface area (Å²) in [6.07, 6.45) is 5.38. The van der Waals surface area contributed by atoms with Crippen molar-refractivity contribution in [2.24, 2.45) is 11.8 Å². The van der Waals surface area contributed by atoms with E-state index in [1.165, 1.54) is 11.0 Å². The van der Waals surface area contributed by atoms with Crippen LogP contribution in [0.5, 0.6) is 0 Å². The Morgan fingerprint density at radius 2 is 2.03 bits per heavy atom. The van der Waals surface area contributed by atoms with Crippen LogP contribution in [0.1, 0.15) is 51.1 Å². The van der Waals surface area contributed by atoms with Crippen molar-refractivity contribution < 1.29 is 29.0 Å². The first-order valence-electron chi connectivity index (χ1n) is 13.2. The minimum Gasteiger partial charge on any atom is -0.461 e. The van der Waals surface area contributed by atoms with Gasteiger partial charge in [-0.2, -0.15) is 0 Å². The van der Waals surface area contributed by atoms with Gasteiger partial charge in [-0.25, -0.2) is 0 Å². The molecule has 7 atom stereocenters. The third-order valence-electron chi connectivity index (χ3n) is 8.13. The molecule has 3 saturated heterocycles. The number of aliphatic hydroxyl groups is 1. The van der Waals surface area contributed by atoms with Crippen LogP contribution >= 0.6 is 0 Å². The van der Waals surface area contributed by atoms with Gasteiger partial charge in [0.1, 0.15) is 18.2 Å². The van der Waals surface area contributed by atoms with Gasteiger partial charge in [-0.05, 0) is 31.7 Å². The summed E-state index contributed by atoms with van der Waals surface area (Å²) < 4.78 is 11.9. The Kier molecular flexibility index (Phi) is 8.19. The molecule has 3 aliphatic rings. The van der Waals surface area contributed by atoms with Crippen LogP contribution in [-0.4, -0.2) is 76.2 Å². The predicted octanol–water partition coefficient (Wildman–Crippen LogP) is 3.03. The van der Waals surface area contributed by atoms with Gasteiger partial charge in [-0.1, -0.05) is 62.4 Å². The number of aliphatic hydroxyl groups excluding tert-OH is 1. The van der Waals surface area contributed by atoms with Crippen molar-refractivity contribution in [1.29, 1.82) is 0 Å². The molecule has 2 bridgehead atoms. The summed E-state index contributed by atoms with van der Waals surface area (Å²) in [5.41, 5.74) is -0.450. The van der Waals surface area contributed by atoms with Crippen LogP contribution in [0.15, 0.2) is 55.6 Å². The number of carbonyl (C=O) groups excluding carboxylic acids is 3. The van der Waals surface area contributed by atoms with E-state index in [-0.39, 0.29) is 31.1 Å². The number of amides is 2. The molecule has 4 rings (SSSR count). The summed E-state index contributed by atoms with van der Waals surface area (Å²) in [7, 11) is 0. The van der Waals surface area contributed by atoms with Gasteiger partial charge in [-0.3, -0.25) is 14.4 Å². The van der Waals surface area contributed by atoms with E-state index in [0.29, 0.717) is 24.9 Å². The zero-order chi connectivity index (χ0) is 26.7. The monoisotopic (exact) mass is 510 g/mol. The largest absolute Gasteiger partial charge is 0.461 e. The maximum absolute atomic E-state index is 14.4. The first-order chi connectivity index (χ1) is 17.9. The Labute approximate surface area is 218 Å². The van der Waals surface area contributed by atoms with Crippen molar-refractivity contribution in [3.63, 3.8) is 0 Å². The average Bonchev–Trinajstić information content (AvgIpc) is 3.54. The van der Waals surface area contributed by atoms with Crippen LogP contribution in [0.25, 0.3) is 0 Å². The molecule has 3 heterocycles. The molecular formula is C29H38N2O6. The second kappa shape index (κ2) is 11.2. The summed E-state index contributed by atoms with van der Waals surface area (Å²) in [6, 6.07) is 7.35. The van der Waals surface area contributed by atoms with Gasteiger partial charge in [0, 0.05) is 12.6 Å². The molecule has 200 valence electrons. The molecule has 0 saturated carbocycles. The highest BCUT2D eigenvalue weighted by atomic mass is 16.6. The van der Waals surface area contributed by atoms with Crippen LogP contribution in [0, 0.1) is 11.8 Å². The van der Waals surface area contributed by atoms with E-state index in [1.54, 1.807) is 11.0 Å². The Bertz CT molecular complexity index is 1030. The lowest BCUT2D eigenvalue weighted by Gasteiger charge is -2.41. The average molecular weight is 511 g/mol. The molecule has 1 spiro atoms. The second-order valence-corrected chi connectivity index (χ2v) is 10.2. The number of rotatable bonds is 12. The molecule has 2 amide bonds. The fourth-order valence-corrected chi connectivity index (χ4v) is 6.60. The first-order valence-corrected chi connectivity index (χ1v) is 13.2. The van der Waals surface area contributed by atoms with Gasteiger partial charge in [0.2, 0.25) is 11.8 Å². The van der Waals surface area contributed by atoms with Crippen LogP contribution < -0.4 is 0 Å². The molecule has 3 aliphatic heterocycles. The maximum atomic E-state index is 14.4. The van der Waals surface area contributed by atoms with Gasteiger partial charge >= 0.3 is 5.97 Å². The lowest BCUT2D eigenvalue weighted by atomic mass is 9.70. The molecule has 1 aromatic rings. The topological polar surface area (TPSA) is 96.4 Å². The summed E-state index contributed by atoms with van der Waals surface area (Å²) in [4.78, 5) is 45.0. The number of benzene rings is 1. The fraction of sp³-hybridized carbons (Fsp3) is 0.552. The third kappa shape index (κ3) is 4.50. The summed E-state index contributed by atoms with van der Waals surface area (Å²) in [5, 5.41) is 10.5. The van der Waals surface area contributed by atoms with Gasteiger partial charge < -0.3 is 24.4 Å². The molecule has 0 aliphatic carbocycles. The highest BCUT2D eigenvalue weighted by Gasteiger charge is 2.75. The Morgan fingerprint density at radius 1 is 1.30 bits per heavy atom. The van der Waals surface area contributed by atoms with E-state index < -0.39 is 41.6 Å². The van der Waals surface area contributed by atoms with Gasteiger partial charge in [0.05, 0.1) is 30.6 Å². The Hall–Kier alpha value is -2.97. The molecule has 3 fully saturated rings. The number of ether oxygens (including phenoxy) is 2. The Morgan fingerprint density at radius 3 is 2.65 bits per heavy atom.